The van der Waals surface area contributed by atoms with Crippen molar-refractivity contribution in [1.29, 1.82) is 0 Å². The predicted octanol–water partition coefficient (Wildman–Crippen LogP) is 2.44. The highest BCUT2D eigenvalue weighted by Crippen LogP contribution is 2.22. The fourth-order valence-corrected chi connectivity index (χ4v) is 2.92. The standard InChI is InChI=1S/C17H22N4O/c1-12-16(13(2)20-19-12)11-18-10-14-5-3-6-15(9-14)21-8-4-7-17(21)22/h3,5-6,9,18H,4,7-8,10-11H2,1-2H3,(H,19,20). The van der Waals surface area contributed by atoms with Crippen LogP contribution in [0.5, 0.6) is 0 Å². The van der Waals surface area contributed by atoms with Crippen molar-refractivity contribution >= 4 is 11.6 Å². The van der Waals surface area contributed by atoms with Crippen molar-refractivity contribution in [2.24, 2.45) is 0 Å². The first-order chi connectivity index (χ1) is 10.6. The second-order valence-electron chi connectivity index (χ2n) is 5.83. The zero-order valence-electron chi connectivity index (χ0n) is 13.1. The lowest BCUT2D eigenvalue weighted by Crippen LogP contribution is -2.24. The summed E-state index contributed by atoms with van der Waals surface area (Å²) in [7, 11) is 0. The summed E-state index contributed by atoms with van der Waals surface area (Å²) in [5.74, 6) is 0.231. The van der Waals surface area contributed by atoms with E-state index in [-0.39, 0.29) is 5.91 Å². The summed E-state index contributed by atoms with van der Waals surface area (Å²) in [5.41, 5.74) is 5.59. The second kappa shape index (κ2) is 6.32. The van der Waals surface area contributed by atoms with Crippen LogP contribution in [-0.2, 0) is 17.9 Å². The van der Waals surface area contributed by atoms with Gasteiger partial charge in [-0.3, -0.25) is 9.89 Å². The van der Waals surface area contributed by atoms with Gasteiger partial charge in [0.05, 0.1) is 5.69 Å². The van der Waals surface area contributed by atoms with E-state index in [0.717, 1.165) is 43.1 Å². The highest BCUT2D eigenvalue weighted by Gasteiger charge is 2.21. The molecule has 1 amide bonds. The van der Waals surface area contributed by atoms with E-state index in [0.29, 0.717) is 6.42 Å². The molecule has 1 fully saturated rings. The van der Waals surface area contributed by atoms with Crippen molar-refractivity contribution in [3.05, 3.63) is 46.8 Å². The summed E-state index contributed by atoms with van der Waals surface area (Å²) in [6.45, 7) is 6.46. The topological polar surface area (TPSA) is 61.0 Å². The van der Waals surface area contributed by atoms with Gasteiger partial charge in [-0.05, 0) is 38.0 Å². The first kappa shape index (κ1) is 14.8. The third-order valence-corrected chi connectivity index (χ3v) is 4.21. The Bertz CT molecular complexity index is 658. The maximum absolute atomic E-state index is 11.8. The number of H-pyrrole nitrogens is 1. The third-order valence-electron chi connectivity index (χ3n) is 4.21. The first-order valence-corrected chi connectivity index (χ1v) is 7.75. The monoisotopic (exact) mass is 298 g/mol. The molecule has 2 aromatic rings. The summed E-state index contributed by atoms with van der Waals surface area (Å²) in [4.78, 5) is 13.7. The maximum Gasteiger partial charge on any atom is 0.227 e. The summed E-state index contributed by atoms with van der Waals surface area (Å²) in [5, 5.41) is 10.7. The Morgan fingerprint density at radius 2 is 2.18 bits per heavy atom. The van der Waals surface area contributed by atoms with Crippen molar-refractivity contribution in [2.45, 2.75) is 39.8 Å². The largest absolute Gasteiger partial charge is 0.312 e. The van der Waals surface area contributed by atoms with E-state index < -0.39 is 0 Å². The molecule has 1 aromatic heterocycles. The fourth-order valence-electron chi connectivity index (χ4n) is 2.92. The van der Waals surface area contributed by atoms with Gasteiger partial charge in [0.15, 0.2) is 0 Å². The van der Waals surface area contributed by atoms with Crippen molar-refractivity contribution in [3.63, 3.8) is 0 Å². The van der Waals surface area contributed by atoms with Gasteiger partial charge in [0.25, 0.3) is 0 Å². The highest BCUT2D eigenvalue weighted by molar-refractivity contribution is 5.95. The Morgan fingerprint density at radius 3 is 2.86 bits per heavy atom. The molecule has 2 heterocycles. The Kier molecular flexibility index (Phi) is 4.24. The van der Waals surface area contributed by atoms with Gasteiger partial charge in [0, 0.05) is 43.0 Å². The van der Waals surface area contributed by atoms with Crippen LogP contribution in [0, 0.1) is 13.8 Å². The Labute approximate surface area is 130 Å². The van der Waals surface area contributed by atoms with Gasteiger partial charge < -0.3 is 10.2 Å². The molecule has 1 aliphatic rings. The molecule has 0 bridgehead atoms. The third kappa shape index (κ3) is 3.04. The predicted molar refractivity (Wildman–Crippen MR) is 86.6 cm³/mol. The van der Waals surface area contributed by atoms with E-state index in [1.807, 2.05) is 30.9 Å². The maximum atomic E-state index is 11.8. The number of nitrogens with one attached hydrogen (secondary N) is 2. The molecule has 1 aromatic carbocycles. The lowest BCUT2D eigenvalue weighted by molar-refractivity contribution is -0.117. The number of carbonyl (C=O) groups is 1. The normalized spacial score (nSPS) is 14.8. The Hall–Kier alpha value is -2.14. The summed E-state index contributed by atoms with van der Waals surface area (Å²) >= 11 is 0. The average molecular weight is 298 g/mol. The minimum Gasteiger partial charge on any atom is -0.312 e. The number of hydrogen-bond acceptors (Lipinski definition) is 3. The molecule has 1 aliphatic heterocycles. The van der Waals surface area contributed by atoms with Crippen LogP contribution in [0.1, 0.15) is 35.4 Å². The average Bonchev–Trinajstić information content (AvgIpc) is 3.07. The van der Waals surface area contributed by atoms with Crippen LogP contribution < -0.4 is 10.2 Å². The summed E-state index contributed by atoms with van der Waals surface area (Å²) in [6.07, 6.45) is 1.63. The molecule has 2 N–H and O–H groups in total. The van der Waals surface area contributed by atoms with Gasteiger partial charge in [-0.15, -0.1) is 0 Å². The first-order valence-electron chi connectivity index (χ1n) is 7.75. The fraction of sp³-hybridized carbons (Fsp3) is 0.412. The number of rotatable bonds is 5. The molecule has 3 rings (SSSR count). The minimum atomic E-state index is 0.231. The number of carbonyl (C=O) groups excluding carboxylic acids is 1. The van der Waals surface area contributed by atoms with Crippen molar-refractivity contribution in [2.75, 3.05) is 11.4 Å². The quantitative estimate of drug-likeness (QED) is 0.891. The van der Waals surface area contributed by atoms with E-state index in [4.69, 9.17) is 0 Å². The molecule has 22 heavy (non-hydrogen) atoms. The van der Waals surface area contributed by atoms with Gasteiger partial charge >= 0.3 is 0 Å². The zero-order chi connectivity index (χ0) is 15.5. The van der Waals surface area contributed by atoms with Gasteiger partial charge in [0.1, 0.15) is 0 Å². The van der Waals surface area contributed by atoms with E-state index in [2.05, 4.69) is 27.6 Å². The Morgan fingerprint density at radius 1 is 1.32 bits per heavy atom. The molecule has 0 unspecified atom stereocenters. The molecule has 5 nitrogen and oxygen atoms in total. The molecule has 1 saturated heterocycles. The van der Waals surface area contributed by atoms with Gasteiger partial charge in [-0.1, -0.05) is 12.1 Å². The van der Waals surface area contributed by atoms with Gasteiger partial charge in [-0.2, -0.15) is 5.10 Å². The number of amides is 1. The summed E-state index contributed by atoms with van der Waals surface area (Å²) in [6, 6.07) is 8.22. The molecule has 5 heteroatoms. The molecule has 0 atom stereocenters. The number of aromatic amines is 1. The van der Waals surface area contributed by atoms with Crippen molar-refractivity contribution < 1.29 is 4.79 Å². The van der Waals surface area contributed by atoms with Crippen molar-refractivity contribution in [3.8, 4) is 0 Å². The van der Waals surface area contributed by atoms with E-state index in [1.165, 1.54) is 11.1 Å². The van der Waals surface area contributed by atoms with Crippen LogP contribution in [0.4, 0.5) is 5.69 Å². The number of aryl methyl sites for hydroxylation is 2. The van der Waals surface area contributed by atoms with Crippen LogP contribution >= 0.6 is 0 Å². The number of anilines is 1. The number of nitrogens with zero attached hydrogens (tertiary/aromatic N) is 2. The lowest BCUT2D eigenvalue weighted by atomic mass is 10.1. The molecule has 0 spiro atoms. The number of hydrogen-bond donors (Lipinski definition) is 2. The van der Waals surface area contributed by atoms with E-state index >= 15 is 0 Å². The SMILES string of the molecule is Cc1n[nH]c(C)c1CNCc1cccc(N2CCCC2=O)c1. The van der Waals surface area contributed by atoms with Crippen LogP contribution in [0.2, 0.25) is 0 Å². The zero-order valence-corrected chi connectivity index (χ0v) is 13.1. The van der Waals surface area contributed by atoms with Crippen LogP contribution in [0.25, 0.3) is 0 Å². The van der Waals surface area contributed by atoms with E-state index in [1.54, 1.807) is 0 Å². The second-order valence-corrected chi connectivity index (χ2v) is 5.83. The van der Waals surface area contributed by atoms with Gasteiger partial charge in [-0.25, -0.2) is 0 Å². The molecule has 116 valence electrons. The minimum absolute atomic E-state index is 0.231. The summed E-state index contributed by atoms with van der Waals surface area (Å²) < 4.78 is 0. The molecule has 0 aliphatic carbocycles. The van der Waals surface area contributed by atoms with Crippen LogP contribution in [0.3, 0.4) is 0 Å². The highest BCUT2D eigenvalue weighted by atomic mass is 16.2. The molecular weight excluding hydrogens is 276 g/mol. The number of benzene rings is 1. The van der Waals surface area contributed by atoms with Crippen molar-refractivity contribution in [1.82, 2.24) is 15.5 Å². The Balaban J connectivity index is 1.62. The van der Waals surface area contributed by atoms with E-state index in [9.17, 15) is 4.79 Å². The molecular formula is C17H22N4O. The van der Waals surface area contributed by atoms with Gasteiger partial charge in [0.2, 0.25) is 5.91 Å². The number of aromatic nitrogens is 2. The smallest absolute Gasteiger partial charge is 0.227 e. The van der Waals surface area contributed by atoms with Crippen LogP contribution in [0.15, 0.2) is 24.3 Å². The lowest BCUT2D eigenvalue weighted by Gasteiger charge is -2.16. The van der Waals surface area contributed by atoms with Crippen LogP contribution in [-0.4, -0.2) is 22.6 Å². The molecule has 0 radical (unpaired) electrons. The molecule has 0 saturated carbocycles.